The molecule has 5 heteroatoms. The molecule has 0 saturated carbocycles. The molecule has 524 valence electrons. The van der Waals surface area contributed by atoms with E-state index in [0.29, 0.717) is 12.8 Å². The van der Waals surface area contributed by atoms with Crippen molar-refractivity contribution in [2.45, 2.75) is 399 Å². The molecule has 0 aromatic heterocycles. The minimum atomic E-state index is -0.789. The quantitative estimate of drug-likeness (QED) is 0.0373. The highest BCUT2D eigenvalue weighted by Gasteiger charge is 2.16. The molecular formula is C86H150O5. The zero-order valence-corrected chi connectivity index (χ0v) is 60.3. The first-order valence-electron chi connectivity index (χ1n) is 39.6. The smallest absolute Gasteiger partial charge is 0.306 e. The van der Waals surface area contributed by atoms with Gasteiger partial charge in [0.15, 0.2) is 6.10 Å². The van der Waals surface area contributed by atoms with Gasteiger partial charge in [0.05, 0.1) is 6.61 Å². The molecule has 0 aromatic rings. The monoisotopic (exact) mass is 1260 g/mol. The molecule has 1 N–H and O–H groups in total. The average molecular weight is 1260 g/mol. The number of aliphatic hydroxyl groups excluding tert-OH is 1. The van der Waals surface area contributed by atoms with Crippen LogP contribution in [0.5, 0.6) is 0 Å². The third-order valence-corrected chi connectivity index (χ3v) is 17.5. The van der Waals surface area contributed by atoms with Gasteiger partial charge in [0.1, 0.15) is 6.61 Å². The molecule has 1 unspecified atom stereocenters. The summed E-state index contributed by atoms with van der Waals surface area (Å²) in [5.41, 5.74) is 0. The largest absolute Gasteiger partial charge is 0.462 e. The number of hydrogen-bond donors (Lipinski definition) is 1. The number of aliphatic hydroxyl groups is 1. The van der Waals surface area contributed by atoms with Crippen LogP contribution in [-0.2, 0) is 19.1 Å². The van der Waals surface area contributed by atoms with Crippen LogP contribution in [0.1, 0.15) is 393 Å². The van der Waals surface area contributed by atoms with E-state index in [0.717, 1.165) is 109 Å². The van der Waals surface area contributed by atoms with E-state index in [9.17, 15) is 14.7 Å². The summed E-state index contributed by atoms with van der Waals surface area (Å²) in [5.74, 6) is -0.599. The first kappa shape index (κ1) is 87.3. The van der Waals surface area contributed by atoms with Crippen LogP contribution in [0.15, 0.2) is 122 Å². The van der Waals surface area contributed by atoms with Crippen molar-refractivity contribution in [3.8, 4) is 0 Å². The predicted molar refractivity (Wildman–Crippen MR) is 403 cm³/mol. The molecular weight excluding hydrogens is 1110 g/mol. The van der Waals surface area contributed by atoms with Gasteiger partial charge in [-0.15, -0.1) is 0 Å². The fraction of sp³-hybridized carbons (Fsp3) is 0.744. The topological polar surface area (TPSA) is 72.8 Å². The van der Waals surface area contributed by atoms with E-state index < -0.39 is 6.10 Å². The van der Waals surface area contributed by atoms with Gasteiger partial charge in [-0.2, -0.15) is 0 Å². The summed E-state index contributed by atoms with van der Waals surface area (Å²) in [5, 5.41) is 9.72. The molecule has 0 amide bonds. The minimum Gasteiger partial charge on any atom is -0.462 e. The van der Waals surface area contributed by atoms with Crippen LogP contribution in [0.2, 0.25) is 0 Å². The summed E-state index contributed by atoms with van der Waals surface area (Å²) >= 11 is 0. The maximum atomic E-state index is 12.4. The van der Waals surface area contributed by atoms with Crippen molar-refractivity contribution in [1.82, 2.24) is 0 Å². The number of hydrogen-bond acceptors (Lipinski definition) is 5. The number of allylic oxidation sites excluding steroid dienone is 20. The lowest BCUT2D eigenvalue weighted by molar-refractivity contribution is -0.161. The molecule has 0 aromatic carbocycles. The Labute approximate surface area is 566 Å². The Morgan fingerprint density at radius 2 is 0.473 bits per heavy atom. The van der Waals surface area contributed by atoms with Gasteiger partial charge in [-0.1, -0.05) is 411 Å². The van der Waals surface area contributed by atoms with Gasteiger partial charge in [0, 0.05) is 12.8 Å². The summed E-state index contributed by atoms with van der Waals surface area (Å²) in [6.45, 7) is 4.06. The van der Waals surface area contributed by atoms with E-state index in [1.54, 1.807) is 0 Å². The van der Waals surface area contributed by atoms with Gasteiger partial charge in [-0.25, -0.2) is 0 Å². The molecule has 0 spiro atoms. The molecule has 0 aliphatic carbocycles. The van der Waals surface area contributed by atoms with Crippen molar-refractivity contribution in [2.24, 2.45) is 0 Å². The summed E-state index contributed by atoms with van der Waals surface area (Å²) in [6.07, 6.45) is 119. The van der Waals surface area contributed by atoms with Crippen molar-refractivity contribution in [1.29, 1.82) is 0 Å². The van der Waals surface area contributed by atoms with Gasteiger partial charge in [-0.3, -0.25) is 9.59 Å². The Balaban J connectivity index is 3.47. The molecule has 0 fully saturated rings. The van der Waals surface area contributed by atoms with E-state index in [4.69, 9.17) is 9.47 Å². The van der Waals surface area contributed by atoms with Crippen molar-refractivity contribution in [3.05, 3.63) is 122 Å². The average Bonchev–Trinajstić information content (AvgIpc) is 3.69. The van der Waals surface area contributed by atoms with Gasteiger partial charge in [-0.05, 0) is 89.9 Å². The van der Waals surface area contributed by atoms with Crippen molar-refractivity contribution in [2.75, 3.05) is 13.2 Å². The highest BCUT2D eigenvalue weighted by atomic mass is 16.6. The molecule has 0 bridgehead atoms. The highest BCUT2D eigenvalue weighted by molar-refractivity contribution is 5.70. The van der Waals surface area contributed by atoms with Crippen LogP contribution in [0.4, 0.5) is 0 Å². The Bertz CT molecular complexity index is 1770. The summed E-state index contributed by atoms with van der Waals surface area (Å²) < 4.78 is 10.8. The Kier molecular flexibility index (Phi) is 77.3. The first-order chi connectivity index (χ1) is 45.1. The number of ether oxygens (including phenoxy) is 2. The Morgan fingerprint density at radius 1 is 0.264 bits per heavy atom. The number of esters is 2. The molecule has 5 nitrogen and oxygen atoms in total. The Hall–Kier alpha value is -3.70. The number of rotatable bonds is 73. The van der Waals surface area contributed by atoms with Crippen LogP contribution in [-0.4, -0.2) is 36.4 Å². The SMILES string of the molecule is CC/C=C\C/C=C\C/C=C\C/C=C\C/C=C\C/C=C\C/C=C\C/C=C\C/C=C\C/C=C\CCCCCCCCC(=O)OC(CO)COC(=O)CCCCCCCCCCCCCCCCCCCCCCCCCCCCCCCCCCCCCCCCCC. The number of carbonyl (C=O) groups is 2. The van der Waals surface area contributed by atoms with Crippen molar-refractivity contribution < 1.29 is 24.2 Å². The molecule has 91 heavy (non-hydrogen) atoms. The van der Waals surface area contributed by atoms with Crippen LogP contribution < -0.4 is 0 Å². The zero-order chi connectivity index (χ0) is 65.4. The highest BCUT2D eigenvalue weighted by Crippen LogP contribution is 2.19. The minimum absolute atomic E-state index is 0.0748. The van der Waals surface area contributed by atoms with Gasteiger partial charge in [0.2, 0.25) is 0 Å². The summed E-state index contributed by atoms with van der Waals surface area (Å²) in [4.78, 5) is 24.7. The second-order valence-electron chi connectivity index (χ2n) is 26.4. The van der Waals surface area contributed by atoms with Crippen LogP contribution >= 0.6 is 0 Å². The zero-order valence-electron chi connectivity index (χ0n) is 60.3. The maximum absolute atomic E-state index is 12.4. The Morgan fingerprint density at radius 3 is 0.714 bits per heavy atom. The fourth-order valence-electron chi connectivity index (χ4n) is 11.6. The molecule has 0 aliphatic rings. The van der Waals surface area contributed by atoms with Gasteiger partial charge in [0.25, 0.3) is 0 Å². The molecule has 1 atom stereocenters. The van der Waals surface area contributed by atoms with Crippen LogP contribution in [0, 0.1) is 0 Å². The lowest BCUT2D eigenvalue weighted by Gasteiger charge is -2.15. The van der Waals surface area contributed by atoms with Gasteiger partial charge >= 0.3 is 11.9 Å². The molecule has 0 aliphatic heterocycles. The third-order valence-electron chi connectivity index (χ3n) is 17.5. The fourth-order valence-corrected chi connectivity index (χ4v) is 11.6. The normalized spacial score (nSPS) is 12.9. The van der Waals surface area contributed by atoms with Crippen LogP contribution in [0.3, 0.4) is 0 Å². The predicted octanol–water partition coefficient (Wildman–Crippen LogP) is 28.1. The number of carbonyl (C=O) groups excluding carboxylic acids is 2. The van der Waals surface area contributed by atoms with Crippen molar-refractivity contribution >= 4 is 11.9 Å². The molecule has 0 saturated heterocycles. The molecule has 0 heterocycles. The second-order valence-corrected chi connectivity index (χ2v) is 26.4. The summed E-state index contributed by atoms with van der Waals surface area (Å²) in [7, 11) is 0. The van der Waals surface area contributed by atoms with Crippen LogP contribution in [0.25, 0.3) is 0 Å². The lowest BCUT2D eigenvalue weighted by Crippen LogP contribution is -2.28. The van der Waals surface area contributed by atoms with E-state index >= 15 is 0 Å². The number of unbranched alkanes of at least 4 members (excludes halogenated alkanes) is 45. The molecule has 0 radical (unpaired) electrons. The first-order valence-corrected chi connectivity index (χ1v) is 39.6. The van der Waals surface area contributed by atoms with E-state index in [1.165, 1.54) is 257 Å². The summed E-state index contributed by atoms with van der Waals surface area (Å²) in [6, 6.07) is 0. The third kappa shape index (κ3) is 78.7. The second kappa shape index (κ2) is 80.5. The standard InChI is InChI=1S/C86H150O5/c1-3-5-7-9-11-13-15-17-19-21-23-25-27-29-31-33-35-37-39-41-42-43-45-46-48-50-52-54-56-58-60-62-64-66-68-70-72-74-76-78-80-85(88)90-83-84(82-87)91-86(89)81-79-77-75-73-71-69-67-65-63-61-59-57-55-53-51-49-47-44-40-38-36-34-32-30-28-26-24-22-20-18-16-14-12-10-8-6-4-2/h6,8,12,14,18,20,24,26,30,32,36,38,44,47,51,53,57,59,63,65,84,87H,3-5,7,9-11,13,15-17,19,21-23,25,27-29,31,33-35,37,39-43,45-46,48-50,52,54-56,58,60-62,64,66-83H2,1-2H3/b8-6-,14-12-,20-18-,26-24-,32-30-,38-36-,47-44-,53-51-,59-57-,65-63-. The molecule has 0 rings (SSSR count). The van der Waals surface area contributed by atoms with E-state index in [2.05, 4.69) is 135 Å². The van der Waals surface area contributed by atoms with Crippen molar-refractivity contribution in [3.63, 3.8) is 0 Å². The maximum Gasteiger partial charge on any atom is 0.306 e. The van der Waals surface area contributed by atoms with E-state index in [1.807, 2.05) is 0 Å². The van der Waals surface area contributed by atoms with Gasteiger partial charge < -0.3 is 14.6 Å². The lowest BCUT2D eigenvalue weighted by atomic mass is 10.0. The van der Waals surface area contributed by atoms with E-state index in [-0.39, 0.29) is 25.2 Å².